The van der Waals surface area contributed by atoms with E-state index in [2.05, 4.69) is 15.5 Å². The number of phenols is 1. The quantitative estimate of drug-likeness (QED) is 0.488. The molecule has 4 rings (SSSR count). The zero-order valence-electron chi connectivity index (χ0n) is 25.8. The van der Waals surface area contributed by atoms with Crippen molar-refractivity contribution < 1.29 is 29.0 Å². The third-order valence-electron chi connectivity index (χ3n) is 8.24. The Morgan fingerprint density at radius 1 is 0.886 bits per heavy atom. The Hall–Kier alpha value is -4.12. The van der Waals surface area contributed by atoms with E-state index in [1.165, 1.54) is 0 Å². The highest BCUT2D eigenvalue weighted by molar-refractivity contribution is 6.00. The van der Waals surface area contributed by atoms with Crippen LogP contribution in [0.1, 0.15) is 54.4 Å². The molecule has 2 atom stereocenters. The second kappa shape index (κ2) is 16.1. The van der Waals surface area contributed by atoms with Gasteiger partial charge in [0.2, 0.25) is 17.7 Å². The monoisotopic (exact) mass is 607 g/mol. The predicted octanol–water partition coefficient (Wildman–Crippen LogP) is 2.18. The molecule has 2 aromatic carbocycles. The van der Waals surface area contributed by atoms with E-state index in [0.29, 0.717) is 37.6 Å². The summed E-state index contributed by atoms with van der Waals surface area (Å²) in [6, 6.07) is 11.8. The summed E-state index contributed by atoms with van der Waals surface area (Å²) in [4.78, 5) is 59.5. The minimum atomic E-state index is -0.930. The minimum absolute atomic E-state index is 0.0638. The van der Waals surface area contributed by atoms with E-state index in [1.807, 2.05) is 7.05 Å². The van der Waals surface area contributed by atoms with Gasteiger partial charge in [0.15, 0.2) is 0 Å². The fourth-order valence-electron chi connectivity index (χ4n) is 5.49. The first kappa shape index (κ1) is 32.8. The van der Waals surface area contributed by atoms with Gasteiger partial charge in [-0.3, -0.25) is 19.2 Å². The second-order valence-corrected chi connectivity index (χ2v) is 11.7. The van der Waals surface area contributed by atoms with Gasteiger partial charge in [0.25, 0.3) is 5.91 Å². The highest BCUT2D eigenvalue weighted by Gasteiger charge is 2.31. The largest absolute Gasteiger partial charge is 0.508 e. The summed E-state index contributed by atoms with van der Waals surface area (Å²) in [7, 11) is 3.73. The van der Waals surface area contributed by atoms with Crippen LogP contribution in [0.2, 0.25) is 0 Å². The Balaban J connectivity index is 1.56. The zero-order chi connectivity index (χ0) is 31.5. The number of likely N-dealkylation sites (N-methyl/N-ethyl adjacent to an activating group) is 2. The van der Waals surface area contributed by atoms with Gasteiger partial charge in [-0.25, -0.2) is 0 Å². The second-order valence-electron chi connectivity index (χ2n) is 11.7. The molecule has 0 aliphatic carbocycles. The normalized spacial score (nSPS) is 22.0. The molecular weight excluding hydrogens is 562 g/mol. The van der Waals surface area contributed by atoms with Crippen molar-refractivity contribution in [3.8, 4) is 11.5 Å². The van der Waals surface area contributed by atoms with E-state index < -0.39 is 18.0 Å². The first-order valence-electron chi connectivity index (χ1n) is 15.5. The molecule has 0 spiro atoms. The summed E-state index contributed by atoms with van der Waals surface area (Å²) < 4.78 is 5.97. The third kappa shape index (κ3) is 9.44. The number of nitrogens with one attached hydrogen (secondary N) is 2. The predicted molar refractivity (Wildman–Crippen MR) is 166 cm³/mol. The van der Waals surface area contributed by atoms with Crippen molar-refractivity contribution in [1.82, 2.24) is 25.3 Å². The Morgan fingerprint density at radius 3 is 2.34 bits per heavy atom. The van der Waals surface area contributed by atoms with Crippen LogP contribution in [0.4, 0.5) is 0 Å². The molecule has 2 aliphatic rings. The van der Waals surface area contributed by atoms with Crippen LogP contribution in [-0.4, -0.2) is 109 Å². The van der Waals surface area contributed by atoms with Crippen molar-refractivity contribution in [2.45, 2.75) is 57.0 Å². The van der Waals surface area contributed by atoms with Crippen LogP contribution in [-0.2, 0) is 20.8 Å². The fourth-order valence-corrected chi connectivity index (χ4v) is 5.49. The molecule has 11 heteroatoms. The number of rotatable bonds is 3. The lowest BCUT2D eigenvalue weighted by Crippen LogP contribution is -2.54. The van der Waals surface area contributed by atoms with Crippen molar-refractivity contribution >= 4 is 23.6 Å². The van der Waals surface area contributed by atoms with Gasteiger partial charge in [0, 0.05) is 52.6 Å². The van der Waals surface area contributed by atoms with Crippen LogP contribution in [0, 0.1) is 0 Å². The number of ether oxygens (including phenoxy) is 1. The van der Waals surface area contributed by atoms with Crippen LogP contribution in [0.3, 0.4) is 0 Å². The first-order chi connectivity index (χ1) is 21.2. The topological polar surface area (TPSA) is 132 Å². The number of carbonyl (C=O) groups excluding carboxylic acids is 4. The van der Waals surface area contributed by atoms with Crippen molar-refractivity contribution in [3.05, 3.63) is 59.7 Å². The number of phenolic OH excluding ortho intramolecular Hbond substituents is 1. The molecule has 2 heterocycles. The highest BCUT2D eigenvalue weighted by Crippen LogP contribution is 2.20. The van der Waals surface area contributed by atoms with Crippen LogP contribution in [0.5, 0.6) is 11.5 Å². The number of hydrogen-bond donors (Lipinski definition) is 3. The van der Waals surface area contributed by atoms with Gasteiger partial charge in [-0.15, -0.1) is 0 Å². The number of para-hydroxylation sites is 1. The smallest absolute Gasteiger partial charge is 0.255 e. The summed E-state index contributed by atoms with van der Waals surface area (Å²) in [5, 5.41) is 15.5. The molecule has 1 fully saturated rings. The summed E-state index contributed by atoms with van der Waals surface area (Å²) >= 11 is 0. The number of benzene rings is 2. The number of piperazine rings is 1. The highest BCUT2D eigenvalue weighted by atomic mass is 16.5. The molecule has 238 valence electrons. The minimum Gasteiger partial charge on any atom is -0.508 e. The Kier molecular flexibility index (Phi) is 12.0. The lowest BCUT2D eigenvalue weighted by Gasteiger charge is -2.35. The van der Waals surface area contributed by atoms with E-state index in [-0.39, 0.29) is 42.7 Å². The van der Waals surface area contributed by atoms with Crippen LogP contribution >= 0.6 is 0 Å². The molecule has 0 aromatic heterocycles. The zero-order valence-corrected chi connectivity index (χ0v) is 25.8. The third-order valence-corrected chi connectivity index (χ3v) is 8.24. The molecule has 11 nitrogen and oxygen atoms in total. The van der Waals surface area contributed by atoms with Crippen molar-refractivity contribution in [1.29, 1.82) is 0 Å². The van der Waals surface area contributed by atoms with Crippen molar-refractivity contribution in [2.24, 2.45) is 0 Å². The van der Waals surface area contributed by atoms with Crippen LogP contribution in [0.25, 0.3) is 0 Å². The van der Waals surface area contributed by atoms with Crippen molar-refractivity contribution in [2.75, 3.05) is 53.4 Å². The maximum atomic E-state index is 13.7. The summed E-state index contributed by atoms with van der Waals surface area (Å²) in [6.45, 7) is 3.49. The fraction of sp³-hybridized carbons (Fsp3) is 0.515. The van der Waals surface area contributed by atoms with E-state index >= 15 is 0 Å². The average molecular weight is 608 g/mol. The Labute approximate surface area is 259 Å². The molecule has 0 radical (unpaired) electrons. The standard InChI is InChI=1S/C33H45N5O6/c1-36-18-20-38(21-19-36)33(43)27-15-16-30(40)34-28(23-24-11-13-25(39)14-12-24)32(42)37(2)17-7-3-4-8-22-44-29-10-6-5-9-26(29)31(41)35-27/h5-6,9-14,27-28,39H,3-4,7-8,15-23H2,1-2H3,(H,34,40)(H,35,41)/t27-,28-/m0/s1. The number of amides is 4. The molecule has 4 amide bonds. The van der Waals surface area contributed by atoms with Crippen molar-refractivity contribution in [3.63, 3.8) is 0 Å². The van der Waals surface area contributed by atoms with Crippen LogP contribution < -0.4 is 15.4 Å². The Morgan fingerprint density at radius 2 is 1.59 bits per heavy atom. The maximum Gasteiger partial charge on any atom is 0.255 e. The Bertz CT molecular complexity index is 1280. The van der Waals surface area contributed by atoms with E-state index in [1.54, 1.807) is 65.4 Å². The number of hydrogen-bond acceptors (Lipinski definition) is 7. The molecule has 0 saturated carbocycles. The number of nitrogens with zero attached hydrogens (tertiary/aromatic N) is 3. The molecular formula is C33H45N5O6. The molecule has 0 bridgehead atoms. The van der Waals surface area contributed by atoms with Gasteiger partial charge in [0.1, 0.15) is 23.6 Å². The summed E-state index contributed by atoms with van der Waals surface area (Å²) in [5.41, 5.74) is 1.13. The molecule has 44 heavy (non-hydrogen) atoms. The lowest BCUT2D eigenvalue weighted by molar-refractivity contribution is -0.136. The molecule has 2 aromatic rings. The lowest BCUT2D eigenvalue weighted by atomic mass is 10.0. The maximum absolute atomic E-state index is 13.7. The molecule has 0 unspecified atom stereocenters. The number of fused-ring (bicyclic) bond motifs is 1. The molecule has 3 N–H and O–H groups in total. The first-order valence-corrected chi connectivity index (χ1v) is 15.5. The van der Waals surface area contributed by atoms with E-state index in [0.717, 1.165) is 44.3 Å². The van der Waals surface area contributed by atoms with Gasteiger partial charge >= 0.3 is 0 Å². The molecule has 2 aliphatic heterocycles. The van der Waals surface area contributed by atoms with Gasteiger partial charge in [-0.1, -0.05) is 37.1 Å². The van der Waals surface area contributed by atoms with E-state index in [9.17, 15) is 24.3 Å². The number of carbonyl (C=O) groups is 4. The van der Waals surface area contributed by atoms with Crippen LogP contribution in [0.15, 0.2) is 48.5 Å². The molecule has 1 saturated heterocycles. The average Bonchev–Trinajstić information content (AvgIpc) is 3.02. The number of aromatic hydroxyl groups is 1. The SMILES string of the molecule is CN1CCN(C(=O)[C@@H]2CCC(=O)N[C@@H](Cc3ccc(O)cc3)C(=O)N(C)CCCCCCOc3ccccc3C(=O)N2)CC1. The summed E-state index contributed by atoms with van der Waals surface area (Å²) in [6.07, 6.45) is 3.64. The van der Waals surface area contributed by atoms with E-state index in [4.69, 9.17) is 4.74 Å². The summed E-state index contributed by atoms with van der Waals surface area (Å²) in [5.74, 6) is -0.695. The van der Waals surface area contributed by atoms with Gasteiger partial charge < -0.3 is 35.2 Å². The van der Waals surface area contributed by atoms with Gasteiger partial charge in [0.05, 0.1) is 12.2 Å². The van der Waals surface area contributed by atoms with Gasteiger partial charge in [-0.05, 0) is 56.1 Å². The van der Waals surface area contributed by atoms with Gasteiger partial charge in [-0.2, -0.15) is 0 Å².